The number of pyridine rings is 1. The van der Waals surface area contributed by atoms with Crippen LogP contribution in [-0.4, -0.2) is 48.8 Å². The second kappa shape index (κ2) is 8.68. The Kier molecular flexibility index (Phi) is 6.22. The van der Waals surface area contributed by atoms with Gasteiger partial charge in [-0.05, 0) is 69.7 Å². The zero-order valence-corrected chi connectivity index (χ0v) is 20.4. The molecule has 0 unspecified atom stereocenters. The van der Waals surface area contributed by atoms with Crippen molar-refractivity contribution in [1.29, 1.82) is 0 Å². The van der Waals surface area contributed by atoms with Gasteiger partial charge >= 0.3 is 10.2 Å². The van der Waals surface area contributed by atoms with Crippen molar-refractivity contribution in [2.45, 2.75) is 52.5 Å². The third-order valence-electron chi connectivity index (χ3n) is 6.54. The first kappa shape index (κ1) is 23.6. The van der Waals surface area contributed by atoms with Gasteiger partial charge in [0.05, 0.1) is 11.3 Å². The molecule has 7 nitrogen and oxygen atoms in total. The third kappa shape index (κ3) is 4.75. The van der Waals surface area contributed by atoms with Crippen LogP contribution >= 0.6 is 0 Å². The van der Waals surface area contributed by atoms with Gasteiger partial charge in [0, 0.05) is 30.7 Å². The van der Waals surface area contributed by atoms with Crippen LogP contribution in [0.3, 0.4) is 0 Å². The van der Waals surface area contributed by atoms with Gasteiger partial charge in [-0.2, -0.15) is 12.7 Å². The molecule has 2 aliphatic heterocycles. The molecule has 9 heteroatoms. The molecule has 4 rings (SSSR count). The van der Waals surface area contributed by atoms with Gasteiger partial charge in [0.15, 0.2) is 0 Å². The Morgan fingerprint density at radius 3 is 2.48 bits per heavy atom. The van der Waals surface area contributed by atoms with Crippen LogP contribution in [0, 0.1) is 18.7 Å². The minimum Gasteiger partial charge on any atom is -0.351 e. The molecule has 3 heterocycles. The standard InChI is InChI=1S/C24H31FN4O3S/c1-16-14-24(3,4)29(15-16)22-19(23(30)27-33(31,32)28-11-5-6-12-28)9-10-21(26-22)18-8-7-17(2)20(25)13-18/h7-10,13,16H,5-6,11-12,14-15H2,1-4H3,(H,27,30)/t16-/m0/s1. The van der Waals surface area contributed by atoms with Gasteiger partial charge in [0.1, 0.15) is 11.6 Å². The van der Waals surface area contributed by atoms with Gasteiger partial charge < -0.3 is 4.90 Å². The molecule has 0 radical (unpaired) electrons. The van der Waals surface area contributed by atoms with Crippen LogP contribution in [0.25, 0.3) is 11.3 Å². The number of hydrogen-bond donors (Lipinski definition) is 1. The van der Waals surface area contributed by atoms with Crippen LogP contribution in [0.4, 0.5) is 10.2 Å². The number of nitrogens with one attached hydrogen (secondary N) is 1. The van der Waals surface area contributed by atoms with Gasteiger partial charge in [-0.3, -0.25) is 4.79 Å². The molecule has 1 atom stereocenters. The fourth-order valence-electron chi connectivity index (χ4n) is 4.87. The predicted molar refractivity (Wildman–Crippen MR) is 127 cm³/mol. The van der Waals surface area contributed by atoms with E-state index in [4.69, 9.17) is 4.98 Å². The molecule has 33 heavy (non-hydrogen) atoms. The molecule has 2 aliphatic rings. The topological polar surface area (TPSA) is 82.6 Å². The van der Waals surface area contributed by atoms with Crippen LogP contribution < -0.4 is 9.62 Å². The molecule has 1 aromatic carbocycles. The normalized spacial score (nSPS) is 20.9. The SMILES string of the molecule is Cc1ccc(-c2ccc(C(=O)NS(=O)(=O)N3CCCC3)c(N3C[C@@H](C)CC3(C)C)n2)cc1F. The molecule has 0 aliphatic carbocycles. The Morgan fingerprint density at radius 2 is 1.88 bits per heavy atom. The summed E-state index contributed by atoms with van der Waals surface area (Å²) >= 11 is 0. The number of rotatable bonds is 5. The molecule has 0 bridgehead atoms. The lowest BCUT2D eigenvalue weighted by Gasteiger charge is -2.34. The Labute approximate surface area is 195 Å². The summed E-state index contributed by atoms with van der Waals surface area (Å²) in [7, 11) is -3.92. The molecule has 2 saturated heterocycles. The van der Waals surface area contributed by atoms with E-state index in [1.54, 1.807) is 31.2 Å². The monoisotopic (exact) mass is 474 g/mol. The lowest BCUT2D eigenvalue weighted by molar-refractivity contribution is 0.0979. The van der Waals surface area contributed by atoms with Crippen LogP contribution in [-0.2, 0) is 10.2 Å². The van der Waals surface area contributed by atoms with Crippen molar-refractivity contribution in [3.8, 4) is 11.3 Å². The number of aryl methyl sites for hydroxylation is 1. The summed E-state index contributed by atoms with van der Waals surface area (Å²) in [6.45, 7) is 9.49. The number of nitrogens with zero attached hydrogens (tertiary/aromatic N) is 3. The molecule has 1 N–H and O–H groups in total. The number of carbonyl (C=O) groups is 1. The summed E-state index contributed by atoms with van der Waals surface area (Å²) in [5.41, 5.74) is 1.58. The number of anilines is 1. The molecule has 0 saturated carbocycles. The number of amides is 1. The Morgan fingerprint density at radius 1 is 1.18 bits per heavy atom. The van der Waals surface area contributed by atoms with Crippen molar-refractivity contribution >= 4 is 21.9 Å². The Bertz CT molecular complexity index is 1180. The Hall–Kier alpha value is -2.52. The summed E-state index contributed by atoms with van der Waals surface area (Å²) in [5.74, 6) is -0.241. The second-order valence-corrected chi connectivity index (χ2v) is 11.5. The minimum atomic E-state index is -3.92. The highest BCUT2D eigenvalue weighted by Gasteiger charge is 2.39. The van der Waals surface area contributed by atoms with Gasteiger partial charge in [0.25, 0.3) is 5.91 Å². The summed E-state index contributed by atoms with van der Waals surface area (Å²) in [6, 6.07) is 8.13. The highest BCUT2D eigenvalue weighted by atomic mass is 32.2. The lowest BCUT2D eigenvalue weighted by Crippen LogP contribution is -2.44. The molecule has 1 amide bonds. The van der Waals surface area contributed by atoms with Crippen molar-refractivity contribution in [3.05, 3.63) is 47.3 Å². The van der Waals surface area contributed by atoms with E-state index in [2.05, 4.69) is 30.4 Å². The zero-order valence-electron chi connectivity index (χ0n) is 19.6. The largest absolute Gasteiger partial charge is 0.351 e. The van der Waals surface area contributed by atoms with Crippen molar-refractivity contribution in [1.82, 2.24) is 14.0 Å². The summed E-state index contributed by atoms with van der Waals surface area (Å²) in [6.07, 6.45) is 2.47. The third-order valence-corrected chi connectivity index (χ3v) is 8.03. The number of hydrogen-bond acceptors (Lipinski definition) is 5. The number of halogens is 1. The van der Waals surface area contributed by atoms with E-state index in [0.29, 0.717) is 48.2 Å². The molecule has 1 aromatic heterocycles. The molecule has 2 fully saturated rings. The molecule has 2 aromatic rings. The molecule has 0 spiro atoms. The quantitative estimate of drug-likeness (QED) is 0.711. The summed E-state index contributed by atoms with van der Waals surface area (Å²) in [5, 5.41) is 0. The van der Waals surface area contributed by atoms with Crippen molar-refractivity contribution in [2.24, 2.45) is 5.92 Å². The number of carbonyl (C=O) groups excluding carboxylic acids is 1. The summed E-state index contributed by atoms with van der Waals surface area (Å²) in [4.78, 5) is 20.0. The highest BCUT2D eigenvalue weighted by molar-refractivity contribution is 7.87. The number of aromatic nitrogens is 1. The van der Waals surface area contributed by atoms with E-state index in [1.807, 2.05) is 0 Å². The van der Waals surface area contributed by atoms with E-state index in [-0.39, 0.29) is 16.9 Å². The molecule has 178 valence electrons. The van der Waals surface area contributed by atoms with Gasteiger partial charge in [-0.15, -0.1) is 0 Å². The van der Waals surface area contributed by atoms with Gasteiger partial charge in [-0.25, -0.2) is 14.1 Å². The highest BCUT2D eigenvalue weighted by Crippen LogP contribution is 2.38. The second-order valence-electron chi connectivity index (χ2n) is 9.81. The van der Waals surface area contributed by atoms with Crippen LogP contribution in [0.5, 0.6) is 0 Å². The minimum absolute atomic E-state index is 0.191. The number of benzene rings is 1. The first-order valence-corrected chi connectivity index (χ1v) is 12.8. The first-order chi connectivity index (χ1) is 15.5. The molecular weight excluding hydrogens is 443 g/mol. The fraction of sp³-hybridized carbons (Fsp3) is 0.500. The van der Waals surface area contributed by atoms with Gasteiger partial charge in [0.2, 0.25) is 0 Å². The lowest BCUT2D eigenvalue weighted by atomic mass is 9.97. The van der Waals surface area contributed by atoms with Crippen LogP contribution in [0.15, 0.2) is 30.3 Å². The van der Waals surface area contributed by atoms with Crippen LogP contribution in [0.2, 0.25) is 0 Å². The average molecular weight is 475 g/mol. The fourth-order valence-corrected chi connectivity index (χ4v) is 6.08. The predicted octanol–water partition coefficient (Wildman–Crippen LogP) is 3.89. The van der Waals surface area contributed by atoms with E-state index in [0.717, 1.165) is 19.3 Å². The van der Waals surface area contributed by atoms with E-state index >= 15 is 0 Å². The van der Waals surface area contributed by atoms with Crippen LogP contribution in [0.1, 0.15) is 56.0 Å². The van der Waals surface area contributed by atoms with Crippen molar-refractivity contribution in [2.75, 3.05) is 24.5 Å². The Balaban J connectivity index is 1.76. The maximum absolute atomic E-state index is 14.2. The van der Waals surface area contributed by atoms with E-state index < -0.39 is 16.1 Å². The van der Waals surface area contributed by atoms with Crippen molar-refractivity contribution in [3.63, 3.8) is 0 Å². The van der Waals surface area contributed by atoms with Gasteiger partial charge in [-0.1, -0.05) is 19.1 Å². The molecular formula is C24H31FN4O3S. The zero-order chi connectivity index (χ0) is 24.0. The maximum atomic E-state index is 14.2. The smallest absolute Gasteiger partial charge is 0.304 e. The average Bonchev–Trinajstić information content (AvgIpc) is 3.37. The first-order valence-electron chi connectivity index (χ1n) is 11.4. The van der Waals surface area contributed by atoms with Crippen molar-refractivity contribution < 1.29 is 17.6 Å². The van der Waals surface area contributed by atoms with E-state index in [1.165, 1.54) is 10.4 Å². The summed E-state index contributed by atoms with van der Waals surface area (Å²) < 4.78 is 43.1. The maximum Gasteiger partial charge on any atom is 0.304 e. The van der Waals surface area contributed by atoms with E-state index in [9.17, 15) is 17.6 Å².